The minimum absolute atomic E-state index is 0. The summed E-state index contributed by atoms with van der Waals surface area (Å²) in [6, 6.07) is 10.2. The van der Waals surface area contributed by atoms with Crippen LogP contribution >= 0.6 is 12.4 Å². The van der Waals surface area contributed by atoms with Crippen LogP contribution in [0.25, 0.3) is 0 Å². The zero-order valence-corrected chi connectivity index (χ0v) is 15.2. The predicted octanol–water partition coefficient (Wildman–Crippen LogP) is 3.92. The summed E-state index contributed by atoms with van der Waals surface area (Å²) in [5, 5.41) is 2.80. The van der Waals surface area contributed by atoms with Gasteiger partial charge >= 0.3 is 0 Å². The summed E-state index contributed by atoms with van der Waals surface area (Å²) in [5.74, 6) is -0.481. The van der Waals surface area contributed by atoms with E-state index in [9.17, 15) is 9.18 Å². The highest BCUT2D eigenvalue weighted by atomic mass is 35.5. The minimum atomic E-state index is -0.366. The van der Waals surface area contributed by atoms with Crippen LogP contribution < -0.4 is 16.0 Å². The summed E-state index contributed by atoms with van der Waals surface area (Å²) >= 11 is 0. The Morgan fingerprint density at radius 2 is 2.08 bits per heavy atom. The number of nitrogens with zero attached hydrogens (tertiary/aromatic N) is 1. The van der Waals surface area contributed by atoms with Crippen LogP contribution in [0.3, 0.4) is 0 Å². The Balaban J connectivity index is 0.00000225. The number of halogens is 2. The first-order valence-electron chi connectivity index (χ1n) is 8.18. The van der Waals surface area contributed by atoms with Crippen LogP contribution in [-0.2, 0) is 11.2 Å². The number of hydrogen-bond acceptors (Lipinski definition) is 3. The molecule has 1 amide bonds. The molecule has 6 heteroatoms. The fourth-order valence-corrected chi connectivity index (χ4v) is 3.14. The van der Waals surface area contributed by atoms with Gasteiger partial charge in [-0.05, 0) is 62.1 Å². The van der Waals surface area contributed by atoms with Gasteiger partial charge in [0.25, 0.3) is 0 Å². The summed E-state index contributed by atoms with van der Waals surface area (Å²) in [5.41, 5.74) is 9.98. The van der Waals surface area contributed by atoms with Crippen molar-refractivity contribution in [3.05, 3.63) is 53.3 Å². The summed E-state index contributed by atoms with van der Waals surface area (Å²) in [6.45, 7) is 4.35. The Morgan fingerprint density at radius 1 is 1.32 bits per heavy atom. The average Bonchev–Trinajstić information content (AvgIpc) is 2.57. The Morgan fingerprint density at radius 3 is 2.80 bits per heavy atom. The molecule has 0 aliphatic carbocycles. The topological polar surface area (TPSA) is 58.4 Å². The van der Waals surface area contributed by atoms with E-state index in [-0.39, 0.29) is 30.2 Å². The van der Waals surface area contributed by atoms with Gasteiger partial charge in [0.1, 0.15) is 11.9 Å². The lowest BCUT2D eigenvalue weighted by Gasteiger charge is -2.36. The van der Waals surface area contributed by atoms with Gasteiger partial charge in [0.05, 0.1) is 0 Å². The third-order valence-corrected chi connectivity index (χ3v) is 4.61. The summed E-state index contributed by atoms with van der Waals surface area (Å²) in [4.78, 5) is 14.7. The number of hydrogen-bond donors (Lipinski definition) is 2. The molecule has 2 aromatic rings. The van der Waals surface area contributed by atoms with E-state index in [4.69, 9.17) is 5.73 Å². The highest BCUT2D eigenvalue weighted by Crippen LogP contribution is 2.32. The van der Waals surface area contributed by atoms with E-state index in [0.29, 0.717) is 11.3 Å². The van der Waals surface area contributed by atoms with Crippen molar-refractivity contribution < 1.29 is 9.18 Å². The number of nitrogens with two attached hydrogens (primary N) is 1. The van der Waals surface area contributed by atoms with E-state index in [2.05, 4.69) is 10.2 Å². The quantitative estimate of drug-likeness (QED) is 0.812. The maximum absolute atomic E-state index is 13.7. The molecular weight excluding hydrogens is 341 g/mol. The number of anilines is 3. The largest absolute Gasteiger partial charge is 0.398 e. The molecule has 0 radical (unpaired) electrons. The molecule has 134 valence electrons. The number of nitrogens with one attached hydrogen (secondary N) is 1. The van der Waals surface area contributed by atoms with Gasteiger partial charge in [-0.25, -0.2) is 4.39 Å². The molecule has 1 heterocycles. The maximum Gasteiger partial charge on any atom is 0.246 e. The van der Waals surface area contributed by atoms with Gasteiger partial charge < -0.3 is 16.0 Å². The molecule has 1 aliphatic heterocycles. The van der Waals surface area contributed by atoms with Crippen molar-refractivity contribution in [1.29, 1.82) is 0 Å². The highest BCUT2D eigenvalue weighted by Gasteiger charge is 2.27. The monoisotopic (exact) mass is 363 g/mol. The molecular formula is C19H23ClFN3O. The van der Waals surface area contributed by atoms with Gasteiger partial charge in [-0.1, -0.05) is 12.1 Å². The fourth-order valence-electron chi connectivity index (χ4n) is 3.14. The summed E-state index contributed by atoms with van der Waals surface area (Å²) < 4.78 is 13.7. The van der Waals surface area contributed by atoms with Crippen molar-refractivity contribution in [3.8, 4) is 0 Å². The number of amides is 1. The van der Waals surface area contributed by atoms with Crippen LogP contribution in [-0.4, -0.2) is 18.5 Å². The van der Waals surface area contributed by atoms with Gasteiger partial charge in [0.2, 0.25) is 5.91 Å². The molecule has 25 heavy (non-hydrogen) atoms. The Hall–Kier alpha value is -2.27. The molecule has 0 spiro atoms. The van der Waals surface area contributed by atoms with Crippen molar-refractivity contribution in [2.24, 2.45) is 0 Å². The van der Waals surface area contributed by atoms with Gasteiger partial charge in [-0.3, -0.25) is 4.79 Å². The third-order valence-electron chi connectivity index (χ3n) is 4.61. The molecule has 0 fully saturated rings. The van der Waals surface area contributed by atoms with Crippen LogP contribution in [0.2, 0.25) is 0 Å². The zero-order valence-electron chi connectivity index (χ0n) is 14.4. The molecule has 0 saturated carbocycles. The van der Waals surface area contributed by atoms with Crippen LogP contribution in [0.15, 0.2) is 36.4 Å². The van der Waals surface area contributed by atoms with Crippen LogP contribution in [0.4, 0.5) is 21.5 Å². The molecule has 0 saturated heterocycles. The van der Waals surface area contributed by atoms with Crippen LogP contribution in [0.1, 0.15) is 24.5 Å². The average molecular weight is 364 g/mol. The molecule has 1 unspecified atom stereocenters. The molecule has 1 atom stereocenters. The molecule has 2 aromatic carbocycles. The summed E-state index contributed by atoms with van der Waals surface area (Å²) in [6.07, 6.45) is 1.88. The number of rotatable bonds is 3. The van der Waals surface area contributed by atoms with Crippen LogP contribution in [0, 0.1) is 12.7 Å². The lowest BCUT2D eigenvalue weighted by Crippen LogP contribution is -2.44. The number of carbonyl (C=O) groups excluding carboxylic acids is 1. The Bertz CT molecular complexity index is 781. The lowest BCUT2D eigenvalue weighted by atomic mass is 9.98. The first kappa shape index (κ1) is 19.1. The van der Waals surface area contributed by atoms with Crippen molar-refractivity contribution in [3.63, 3.8) is 0 Å². The second-order valence-electron chi connectivity index (χ2n) is 6.27. The molecule has 4 nitrogen and oxygen atoms in total. The molecule has 3 rings (SSSR count). The first-order chi connectivity index (χ1) is 11.5. The van der Waals surface area contributed by atoms with Crippen molar-refractivity contribution >= 4 is 35.4 Å². The minimum Gasteiger partial charge on any atom is -0.398 e. The van der Waals surface area contributed by atoms with Gasteiger partial charge in [0.15, 0.2) is 0 Å². The van der Waals surface area contributed by atoms with Gasteiger partial charge in [-0.15, -0.1) is 12.4 Å². The Kier molecular flexibility index (Phi) is 5.90. The van der Waals surface area contributed by atoms with E-state index >= 15 is 0 Å². The van der Waals surface area contributed by atoms with Crippen molar-refractivity contribution in [2.45, 2.75) is 32.7 Å². The van der Waals surface area contributed by atoms with E-state index in [0.717, 1.165) is 36.3 Å². The predicted molar refractivity (Wildman–Crippen MR) is 103 cm³/mol. The van der Waals surface area contributed by atoms with E-state index in [1.54, 1.807) is 19.1 Å². The van der Waals surface area contributed by atoms with Gasteiger partial charge in [0, 0.05) is 23.6 Å². The number of aryl methyl sites for hydroxylation is 1. The highest BCUT2D eigenvalue weighted by molar-refractivity contribution is 5.97. The third kappa shape index (κ3) is 3.87. The standard InChI is InChI=1S/C19H22FN3O.ClH/c1-12-8-9-14(11-16(12)20)22-19(24)13(2)23-10-4-5-15-17(21)6-3-7-18(15)23;/h3,6-9,11,13H,4-5,10,21H2,1-2H3,(H,22,24);1H. The number of benzene rings is 2. The Labute approximate surface area is 153 Å². The number of fused-ring (bicyclic) bond motifs is 1. The van der Waals surface area contributed by atoms with Gasteiger partial charge in [-0.2, -0.15) is 0 Å². The second-order valence-corrected chi connectivity index (χ2v) is 6.27. The lowest BCUT2D eigenvalue weighted by molar-refractivity contribution is -0.117. The normalized spacial score (nSPS) is 14.3. The smallest absolute Gasteiger partial charge is 0.246 e. The number of carbonyl (C=O) groups is 1. The van der Waals surface area contributed by atoms with E-state index in [1.807, 2.05) is 25.1 Å². The molecule has 3 N–H and O–H groups in total. The maximum atomic E-state index is 13.7. The molecule has 1 aliphatic rings. The van der Waals surface area contributed by atoms with Crippen molar-refractivity contribution in [2.75, 3.05) is 22.5 Å². The number of nitrogen functional groups attached to an aromatic ring is 1. The molecule has 0 aromatic heterocycles. The fraction of sp³-hybridized carbons (Fsp3) is 0.316. The summed E-state index contributed by atoms with van der Waals surface area (Å²) in [7, 11) is 0. The van der Waals surface area contributed by atoms with E-state index in [1.165, 1.54) is 6.07 Å². The first-order valence-corrected chi connectivity index (χ1v) is 8.18. The molecule has 0 bridgehead atoms. The van der Waals surface area contributed by atoms with Crippen LogP contribution in [0.5, 0.6) is 0 Å². The van der Waals surface area contributed by atoms with Crippen molar-refractivity contribution in [1.82, 2.24) is 0 Å². The zero-order chi connectivity index (χ0) is 17.3. The second kappa shape index (κ2) is 7.74. The van der Waals surface area contributed by atoms with E-state index < -0.39 is 0 Å². The SMILES string of the molecule is Cc1ccc(NC(=O)C(C)N2CCCc3c(N)cccc32)cc1F.Cl.